The van der Waals surface area contributed by atoms with Crippen molar-refractivity contribution in [1.82, 2.24) is 10.6 Å². The molecule has 2 aliphatic rings. The molecule has 2 N–H and O–H groups in total. The Bertz CT molecular complexity index is 212. The van der Waals surface area contributed by atoms with Crippen molar-refractivity contribution in [3.8, 4) is 0 Å². The maximum atomic E-state index is 11.8. The van der Waals surface area contributed by atoms with Crippen LogP contribution in [0.15, 0.2) is 0 Å². The molecule has 2 fully saturated rings. The molecule has 0 radical (unpaired) electrons. The molecule has 3 nitrogen and oxygen atoms in total. The second-order valence-corrected chi connectivity index (χ2v) is 4.63. The summed E-state index contributed by atoms with van der Waals surface area (Å²) in [5.74, 6) is 0.226. The van der Waals surface area contributed by atoms with Gasteiger partial charge in [-0.1, -0.05) is 6.92 Å². The summed E-state index contributed by atoms with van der Waals surface area (Å²) in [5, 5.41) is 6.46. The fourth-order valence-electron chi connectivity index (χ4n) is 2.43. The molecule has 14 heavy (non-hydrogen) atoms. The van der Waals surface area contributed by atoms with E-state index in [1.807, 2.05) is 0 Å². The highest BCUT2D eigenvalue weighted by Crippen LogP contribution is 2.34. The first-order valence-electron chi connectivity index (χ1n) is 5.81. The van der Waals surface area contributed by atoms with E-state index in [0.29, 0.717) is 0 Å². The second-order valence-electron chi connectivity index (χ2n) is 4.63. The lowest BCUT2D eigenvalue weighted by Crippen LogP contribution is -2.56. The molecular weight excluding hydrogens is 176 g/mol. The van der Waals surface area contributed by atoms with Gasteiger partial charge in [0.1, 0.15) is 0 Å². The van der Waals surface area contributed by atoms with Gasteiger partial charge in [-0.25, -0.2) is 0 Å². The van der Waals surface area contributed by atoms with Crippen molar-refractivity contribution in [2.45, 2.75) is 57.0 Å². The van der Waals surface area contributed by atoms with Gasteiger partial charge in [0.25, 0.3) is 0 Å². The van der Waals surface area contributed by atoms with E-state index in [1.165, 1.54) is 19.3 Å². The van der Waals surface area contributed by atoms with Crippen molar-refractivity contribution in [2.75, 3.05) is 6.54 Å². The zero-order valence-corrected chi connectivity index (χ0v) is 8.94. The smallest absolute Gasteiger partial charge is 0.237 e. The Labute approximate surface area is 85.6 Å². The third-order valence-electron chi connectivity index (χ3n) is 3.75. The van der Waals surface area contributed by atoms with E-state index in [9.17, 15) is 4.79 Å². The average Bonchev–Trinajstić information content (AvgIpc) is 2.63. The Morgan fingerprint density at radius 2 is 2.29 bits per heavy atom. The molecule has 1 saturated heterocycles. The van der Waals surface area contributed by atoms with E-state index >= 15 is 0 Å². The predicted molar refractivity (Wildman–Crippen MR) is 56.0 cm³/mol. The molecule has 0 bridgehead atoms. The van der Waals surface area contributed by atoms with Gasteiger partial charge in [-0.2, -0.15) is 0 Å². The van der Waals surface area contributed by atoms with Gasteiger partial charge < -0.3 is 10.6 Å². The van der Waals surface area contributed by atoms with Gasteiger partial charge in [0, 0.05) is 5.54 Å². The van der Waals surface area contributed by atoms with Crippen LogP contribution in [-0.4, -0.2) is 24.0 Å². The van der Waals surface area contributed by atoms with Crippen LogP contribution in [0.2, 0.25) is 0 Å². The van der Waals surface area contributed by atoms with Gasteiger partial charge in [0.05, 0.1) is 6.04 Å². The van der Waals surface area contributed by atoms with Crippen LogP contribution in [-0.2, 0) is 4.79 Å². The first-order valence-corrected chi connectivity index (χ1v) is 5.81. The van der Waals surface area contributed by atoms with Crippen LogP contribution >= 0.6 is 0 Å². The summed E-state index contributed by atoms with van der Waals surface area (Å²) in [6, 6.07) is 0.0824. The number of amides is 1. The molecule has 1 saturated carbocycles. The number of hydrogen-bond donors (Lipinski definition) is 2. The first-order chi connectivity index (χ1) is 6.76. The van der Waals surface area contributed by atoms with E-state index < -0.39 is 0 Å². The molecule has 2 rings (SSSR count). The fourth-order valence-corrected chi connectivity index (χ4v) is 2.43. The third-order valence-corrected chi connectivity index (χ3v) is 3.75. The molecular formula is C11H20N2O. The first kappa shape index (κ1) is 9.97. The topological polar surface area (TPSA) is 41.1 Å². The Kier molecular flexibility index (Phi) is 2.77. The molecule has 80 valence electrons. The van der Waals surface area contributed by atoms with E-state index in [1.54, 1.807) is 0 Å². The highest BCUT2D eigenvalue weighted by Gasteiger charge is 2.38. The maximum Gasteiger partial charge on any atom is 0.237 e. The fraction of sp³-hybridized carbons (Fsp3) is 0.909. The highest BCUT2D eigenvalue weighted by molar-refractivity contribution is 5.82. The molecule has 1 aliphatic heterocycles. The normalized spacial score (nSPS) is 29.6. The van der Waals surface area contributed by atoms with Gasteiger partial charge in [-0.15, -0.1) is 0 Å². The van der Waals surface area contributed by atoms with Crippen molar-refractivity contribution < 1.29 is 4.79 Å². The quantitative estimate of drug-likeness (QED) is 0.712. The Balaban J connectivity index is 1.86. The van der Waals surface area contributed by atoms with Crippen LogP contribution in [0.5, 0.6) is 0 Å². The summed E-state index contributed by atoms with van der Waals surface area (Å²) in [7, 11) is 0. The lowest BCUT2D eigenvalue weighted by Gasteiger charge is -2.42. The van der Waals surface area contributed by atoms with Crippen LogP contribution < -0.4 is 10.6 Å². The Morgan fingerprint density at radius 3 is 2.71 bits per heavy atom. The highest BCUT2D eigenvalue weighted by atomic mass is 16.2. The summed E-state index contributed by atoms with van der Waals surface area (Å²) in [6.45, 7) is 3.17. The molecule has 1 amide bonds. The van der Waals surface area contributed by atoms with Crippen molar-refractivity contribution in [2.24, 2.45) is 0 Å². The van der Waals surface area contributed by atoms with Gasteiger partial charge in [0.15, 0.2) is 0 Å². The lowest BCUT2D eigenvalue weighted by atomic mass is 9.74. The largest absolute Gasteiger partial charge is 0.349 e. The summed E-state index contributed by atoms with van der Waals surface area (Å²) in [4.78, 5) is 11.8. The molecule has 1 atom stereocenters. The van der Waals surface area contributed by atoms with Crippen molar-refractivity contribution in [3.63, 3.8) is 0 Å². The zero-order valence-electron chi connectivity index (χ0n) is 8.94. The molecule has 1 aliphatic carbocycles. The van der Waals surface area contributed by atoms with Crippen LogP contribution in [0.4, 0.5) is 0 Å². The van der Waals surface area contributed by atoms with Crippen molar-refractivity contribution in [1.29, 1.82) is 0 Å². The second kappa shape index (κ2) is 3.89. The van der Waals surface area contributed by atoms with Crippen LogP contribution in [0.25, 0.3) is 0 Å². The molecule has 1 heterocycles. The van der Waals surface area contributed by atoms with Gasteiger partial charge in [-0.3, -0.25) is 4.79 Å². The monoisotopic (exact) mass is 196 g/mol. The molecule has 0 aromatic heterocycles. The lowest BCUT2D eigenvalue weighted by molar-refractivity contribution is -0.125. The zero-order chi connectivity index (χ0) is 10.0. The third kappa shape index (κ3) is 1.78. The van der Waals surface area contributed by atoms with E-state index in [2.05, 4.69) is 17.6 Å². The van der Waals surface area contributed by atoms with Crippen LogP contribution in [0, 0.1) is 0 Å². The molecule has 0 aromatic carbocycles. The predicted octanol–water partition coefficient (Wildman–Crippen LogP) is 1.19. The average molecular weight is 196 g/mol. The van der Waals surface area contributed by atoms with Crippen LogP contribution in [0.3, 0.4) is 0 Å². The molecule has 3 heteroatoms. The summed E-state index contributed by atoms with van der Waals surface area (Å²) >= 11 is 0. The summed E-state index contributed by atoms with van der Waals surface area (Å²) < 4.78 is 0. The van der Waals surface area contributed by atoms with Gasteiger partial charge in [-0.05, 0) is 45.1 Å². The van der Waals surface area contributed by atoms with Gasteiger partial charge >= 0.3 is 0 Å². The molecule has 0 unspecified atom stereocenters. The van der Waals surface area contributed by atoms with E-state index in [4.69, 9.17) is 0 Å². The number of nitrogens with one attached hydrogen (secondary N) is 2. The summed E-state index contributed by atoms with van der Waals surface area (Å²) in [6.07, 6.45) is 6.82. The maximum absolute atomic E-state index is 11.8. The minimum Gasteiger partial charge on any atom is -0.349 e. The van der Waals surface area contributed by atoms with Crippen molar-refractivity contribution in [3.05, 3.63) is 0 Å². The number of hydrogen-bond acceptors (Lipinski definition) is 2. The Hall–Kier alpha value is -0.570. The van der Waals surface area contributed by atoms with Crippen LogP contribution in [0.1, 0.15) is 45.4 Å². The standard InChI is InChI=1S/C11H20N2O/c1-2-11(6-4-7-11)13-10(14)9-5-3-8-12-9/h9,12H,2-8H2,1H3,(H,13,14)/t9-/m1/s1. The summed E-state index contributed by atoms with van der Waals surface area (Å²) in [5.41, 5.74) is 0.154. The minimum atomic E-state index is 0.0824. The van der Waals surface area contributed by atoms with Gasteiger partial charge in [0.2, 0.25) is 5.91 Å². The minimum absolute atomic E-state index is 0.0824. The van der Waals surface area contributed by atoms with E-state index in [-0.39, 0.29) is 17.5 Å². The SMILES string of the molecule is CCC1(NC(=O)[C@H]2CCCN2)CCC1. The number of carbonyl (C=O) groups is 1. The van der Waals surface area contributed by atoms with Crippen molar-refractivity contribution >= 4 is 5.91 Å². The number of rotatable bonds is 3. The molecule has 0 spiro atoms. The molecule has 0 aromatic rings. The van der Waals surface area contributed by atoms with E-state index in [0.717, 1.165) is 25.8 Å². The number of carbonyl (C=O) groups excluding carboxylic acids is 1. The Morgan fingerprint density at radius 1 is 1.50 bits per heavy atom.